The van der Waals surface area contributed by atoms with Gasteiger partial charge in [0.25, 0.3) is 5.56 Å². The third-order valence-electron chi connectivity index (χ3n) is 6.14. The van der Waals surface area contributed by atoms with Crippen LogP contribution in [0.5, 0.6) is 11.5 Å². The van der Waals surface area contributed by atoms with Crippen LogP contribution in [0.4, 0.5) is 4.39 Å². The van der Waals surface area contributed by atoms with Gasteiger partial charge in [0.1, 0.15) is 29.6 Å². The molecule has 1 atom stereocenters. The van der Waals surface area contributed by atoms with Crippen molar-refractivity contribution in [2.45, 2.75) is 32.6 Å². The second-order valence-electron chi connectivity index (χ2n) is 8.65. The summed E-state index contributed by atoms with van der Waals surface area (Å²) in [6, 6.07) is 15.4. The summed E-state index contributed by atoms with van der Waals surface area (Å²) in [7, 11) is 0. The number of hydrogen-bond donors (Lipinski definition) is 1. The van der Waals surface area contributed by atoms with Gasteiger partial charge in [-0.05, 0) is 30.2 Å². The Morgan fingerprint density at radius 3 is 2.62 bits per heavy atom. The van der Waals surface area contributed by atoms with Gasteiger partial charge in [-0.15, -0.1) is 0 Å². The Morgan fingerprint density at radius 1 is 1.16 bits per heavy atom. The highest BCUT2D eigenvalue weighted by molar-refractivity contribution is 6.00. The number of halogens is 1. The number of aliphatic hydroxyl groups is 1. The highest BCUT2D eigenvalue weighted by Crippen LogP contribution is 2.38. The van der Waals surface area contributed by atoms with Crippen LogP contribution in [0.1, 0.15) is 34.0 Å². The average Bonchev–Trinajstić information content (AvgIpc) is 2.92. The van der Waals surface area contributed by atoms with E-state index in [-0.39, 0.29) is 49.0 Å². The first-order chi connectivity index (χ1) is 18.0. The molecule has 1 aliphatic heterocycles. The average molecular weight is 505 g/mol. The smallest absolute Gasteiger partial charge is 0.347 e. The topological polar surface area (TPSA) is 99.9 Å². The summed E-state index contributed by atoms with van der Waals surface area (Å²) in [6.45, 7) is 1.50. The number of aliphatic hydroxyl groups excluding tert-OH is 1. The van der Waals surface area contributed by atoms with E-state index in [1.54, 1.807) is 25.3 Å². The molecule has 3 heterocycles. The molecule has 0 spiro atoms. The molecule has 0 fully saturated rings. The fourth-order valence-electron chi connectivity index (χ4n) is 4.40. The van der Waals surface area contributed by atoms with Gasteiger partial charge in [0.2, 0.25) is 0 Å². The van der Waals surface area contributed by atoms with Gasteiger partial charge in [0, 0.05) is 18.2 Å². The van der Waals surface area contributed by atoms with E-state index in [4.69, 9.17) is 14.2 Å². The minimum absolute atomic E-state index is 0.0131. The number of carbonyl (C=O) groups excluding carboxylic acids is 1. The van der Waals surface area contributed by atoms with E-state index in [1.165, 1.54) is 16.7 Å². The maximum absolute atomic E-state index is 13.7. The number of rotatable bonds is 8. The van der Waals surface area contributed by atoms with E-state index in [0.29, 0.717) is 23.3 Å². The van der Waals surface area contributed by atoms with Crippen molar-refractivity contribution in [3.8, 4) is 11.5 Å². The summed E-state index contributed by atoms with van der Waals surface area (Å²) in [6.07, 6.45) is 1.22. The van der Waals surface area contributed by atoms with Crippen molar-refractivity contribution in [2.75, 3.05) is 13.2 Å². The number of ether oxygens (including phenoxy) is 3. The van der Waals surface area contributed by atoms with Crippen LogP contribution < -0.4 is 15.0 Å². The molecule has 9 heteroatoms. The molecule has 8 nitrogen and oxygen atoms in total. The lowest BCUT2D eigenvalue weighted by Crippen LogP contribution is -2.39. The number of pyridine rings is 2. The predicted octanol–water partition coefficient (Wildman–Crippen LogP) is 3.64. The molecule has 2 aromatic carbocycles. The standard InChI is InChI=1S/C28H25FN2O6/c1-2-35-28(34)22-26(36-16-18-6-4-3-5-7-18)23-24-25(37-21(15-32)14-31(24)27(22)33)19(13-30-23)12-17-8-10-20(29)11-9-17/h3-11,13,21,32H,2,12,14-16H2,1H3/t21-/m1/s1. The van der Waals surface area contributed by atoms with E-state index >= 15 is 0 Å². The number of aromatic nitrogens is 2. The number of esters is 1. The summed E-state index contributed by atoms with van der Waals surface area (Å²) in [5.74, 6) is -0.790. The first-order valence-electron chi connectivity index (χ1n) is 11.9. The zero-order valence-corrected chi connectivity index (χ0v) is 20.1. The second-order valence-corrected chi connectivity index (χ2v) is 8.65. The van der Waals surface area contributed by atoms with Gasteiger partial charge in [0.05, 0.1) is 19.8 Å². The lowest BCUT2D eigenvalue weighted by molar-refractivity contribution is 0.0516. The van der Waals surface area contributed by atoms with E-state index in [1.807, 2.05) is 30.3 Å². The van der Waals surface area contributed by atoms with Crippen molar-refractivity contribution in [1.82, 2.24) is 9.55 Å². The number of carbonyl (C=O) groups is 1. The summed E-state index contributed by atoms with van der Waals surface area (Å²) in [5.41, 5.74) is 2.06. The maximum atomic E-state index is 13.7. The second kappa shape index (κ2) is 10.4. The Bertz CT molecular complexity index is 1500. The molecule has 0 aliphatic carbocycles. The fourth-order valence-corrected chi connectivity index (χ4v) is 4.40. The van der Waals surface area contributed by atoms with Crippen LogP contribution in [0.2, 0.25) is 0 Å². The predicted molar refractivity (Wildman–Crippen MR) is 133 cm³/mol. The number of hydrogen-bond acceptors (Lipinski definition) is 7. The van der Waals surface area contributed by atoms with Crippen LogP contribution in [0.3, 0.4) is 0 Å². The SMILES string of the molecule is CCOC(=O)c1c(OCc2ccccc2)c2ncc(Cc3ccc(F)cc3)c3c2n(c1=O)C[C@H](CO)O3. The summed E-state index contributed by atoms with van der Waals surface area (Å²) in [5, 5.41) is 9.89. The molecular weight excluding hydrogens is 479 g/mol. The third kappa shape index (κ3) is 4.77. The summed E-state index contributed by atoms with van der Waals surface area (Å²) < 4.78 is 32.2. The van der Waals surface area contributed by atoms with Gasteiger partial charge in [-0.25, -0.2) is 9.18 Å². The van der Waals surface area contributed by atoms with Gasteiger partial charge in [-0.1, -0.05) is 42.5 Å². The summed E-state index contributed by atoms with van der Waals surface area (Å²) >= 11 is 0. The van der Waals surface area contributed by atoms with Crippen LogP contribution >= 0.6 is 0 Å². The summed E-state index contributed by atoms with van der Waals surface area (Å²) in [4.78, 5) is 31.2. The van der Waals surface area contributed by atoms with Gasteiger partial charge in [0.15, 0.2) is 17.1 Å². The van der Waals surface area contributed by atoms with E-state index in [0.717, 1.165) is 11.1 Å². The zero-order valence-electron chi connectivity index (χ0n) is 20.1. The zero-order chi connectivity index (χ0) is 25.9. The largest absolute Gasteiger partial charge is 0.485 e. The number of nitrogens with zero attached hydrogens (tertiary/aromatic N) is 2. The van der Waals surface area contributed by atoms with E-state index in [9.17, 15) is 19.1 Å². The lowest BCUT2D eigenvalue weighted by Gasteiger charge is -2.29. The molecule has 4 aromatic rings. The first kappa shape index (κ1) is 24.5. The first-order valence-corrected chi connectivity index (χ1v) is 11.9. The molecule has 1 N–H and O–H groups in total. The molecule has 2 aromatic heterocycles. The van der Waals surface area contributed by atoms with Gasteiger partial charge < -0.3 is 19.3 Å². The molecule has 190 valence electrons. The molecule has 0 saturated heterocycles. The van der Waals surface area contributed by atoms with Gasteiger partial charge >= 0.3 is 5.97 Å². The van der Waals surface area contributed by atoms with Crippen LogP contribution in [0, 0.1) is 5.82 Å². The minimum Gasteiger partial charge on any atom is -0.485 e. The van der Waals surface area contributed by atoms with Crippen molar-refractivity contribution in [2.24, 2.45) is 0 Å². The maximum Gasteiger partial charge on any atom is 0.347 e. The monoisotopic (exact) mass is 504 g/mol. The van der Waals surface area contributed by atoms with Crippen molar-refractivity contribution in [3.63, 3.8) is 0 Å². The Labute approximate surface area is 211 Å². The van der Waals surface area contributed by atoms with Crippen molar-refractivity contribution >= 4 is 17.0 Å². The number of benzene rings is 2. The van der Waals surface area contributed by atoms with Crippen molar-refractivity contribution in [3.05, 3.63) is 99.2 Å². The molecular formula is C28H25FN2O6. The van der Waals surface area contributed by atoms with E-state index < -0.39 is 17.6 Å². The van der Waals surface area contributed by atoms with Crippen LogP contribution in [-0.2, 0) is 24.3 Å². The van der Waals surface area contributed by atoms with E-state index in [2.05, 4.69) is 4.98 Å². The van der Waals surface area contributed by atoms with Crippen molar-refractivity contribution < 1.29 is 28.5 Å². The highest BCUT2D eigenvalue weighted by atomic mass is 19.1. The quantitative estimate of drug-likeness (QED) is 0.366. The third-order valence-corrected chi connectivity index (χ3v) is 6.14. The highest BCUT2D eigenvalue weighted by Gasteiger charge is 2.33. The molecule has 5 rings (SSSR count). The van der Waals surface area contributed by atoms with Gasteiger partial charge in [-0.3, -0.25) is 14.3 Å². The minimum atomic E-state index is -0.813. The van der Waals surface area contributed by atoms with Gasteiger partial charge in [-0.2, -0.15) is 0 Å². The van der Waals surface area contributed by atoms with Crippen molar-refractivity contribution in [1.29, 1.82) is 0 Å². The fraction of sp³-hybridized carbons (Fsp3) is 0.250. The Kier molecular flexibility index (Phi) is 6.87. The van der Waals surface area contributed by atoms with Crippen LogP contribution in [-0.4, -0.2) is 39.9 Å². The molecule has 0 unspecified atom stereocenters. The molecule has 0 bridgehead atoms. The molecule has 1 aliphatic rings. The van der Waals surface area contributed by atoms with Crippen LogP contribution in [0.25, 0.3) is 11.0 Å². The normalized spacial score (nSPS) is 14.3. The molecule has 0 radical (unpaired) electrons. The Morgan fingerprint density at radius 2 is 1.92 bits per heavy atom. The lowest BCUT2D eigenvalue weighted by atomic mass is 10.0. The molecule has 0 saturated carbocycles. The molecule has 0 amide bonds. The Balaban J connectivity index is 1.70. The molecule has 37 heavy (non-hydrogen) atoms. The Hall–Kier alpha value is -4.24. The van der Waals surface area contributed by atoms with Crippen LogP contribution in [0.15, 0.2) is 65.6 Å².